The van der Waals surface area contributed by atoms with Crippen molar-refractivity contribution in [2.45, 2.75) is 31.8 Å². The number of methoxy groups -OCH3 is 1. The highest BCUT2D eigenvalue weighted by molar-refractivity contribution is 5.87. The van der Waals surface area contributed by atoms with E-state index >= 15 is 0 Å². The number of ether oxygens (including phenoxy) is 1. The summed E-state index contributed by atoms with van der Waals surface area (Å²) >= 11 is 0. The zero-order chi connectivity index (χ0) is 22.9. The van der Waals surface area contributed by atoms with E-state index in [4.69, 9.17) is 4.74 Å². The minimum absolute atomic E-state index is 0.0818. The van der Waals surface area contributed by atoms with Gasteiger partial charge in [0.15, 0.2) is 0 Å². The summed E-state index contributed by atoms with van der Waals surface area (Å²) in [4.78, 5) is 27.7. The van der Waals surface area contributed by atoms with Crippen LogP contribution in [0, 0.1) is 0 Å². The molecule has 5 nitrogen and oxygen atoms in total. The molecule has 0 aromatic heterocycles. The molecule has 0 aliphatic rings. The van der Waals surface area contributed by atoms with Crippen molar-refractivity contribution in [3.63, 3.8) is 0 Å². The van der Waals surface area contributed by atoms with Crippen LogP contribution in [0.15, 0.2) is 84.9 Å². The lowest BCUT2D eigenvalue weighted by Crippen LogP contribution is -2.47. The van der Waals surface area contributed by atoms with Gasteiger partial charge in [0.2, 0.25) is 11.8 Å². The summed E-state index contributed by atoms with van der Waals surface area (Å²) in [6.45, 7) is 2.08. The van der Waals surface area contributed by atoms with E-state index in [1.165, 1.54) is 0 Å². The Morgan fingerprint density at radius 2 is 1.50 bits per heavy atom. The molecule has 0 spiro atoms. The Morgan fingerprint density at radius 3 is 2.03 bits per heavy atom. The third-order valence-corrected chi connectivity index (χ3v) is 5.68. The molecule has 0 fully saturated rings. The monoisotopic (exact) mass is 430 g/mol. The number of carbonyl (C=O) groups excluding carboxylic acids is 2. The highest BCUT2D eigenvalue weighted by atomic mass is 16.5. The van der Waals surface area contributed by atoms with Gasteiger partial charge >= 0.3 is 0 Å². The summed E-state index contributed by atoms with van der Waals surface area (Å²) in [5, 5.41) is 2.67. The molecule has 3 aromatic rings. The fourth-order valence-electron chi connectivity index (χ4n) is 3.85. The number of hydrogen-bond acceptors (Lipinski definition) is 3. The first-order valence-corrected chi connectivity index (χ1v) is 10.8. The number of benzene rings is 3. The molecule has 1 atom stereocenters. The minimum Gasteiger partial charge on any atom is -0.497 e. The van der Waals surface area contributed by atoms with Crippen molar-refractivity contribution < 1.29 is 14.3 Å². The topological polar surface area (TPSA) is 58.6 Å². The summed E-state index contributed by atoms with van der Waals surface area (Å²) in [5.41, 5.74) is 3.05. The summed E-state index contributed by atoms with van der Waals surface area (Å²) in [5.74, 6) is 0.336. The van der Waals surface area contributed by atoms with Gasteiger partial charge in [0.25, 0.3) is 0 Å². The third-order valence-electron chi connectivity index (χ3n) is 5.68. The molecule has 0 saturated carbocycles. The normalized spacial score (nSPS) is 11.6. The number of hydrogen-bond donors (Lipinski definition) is 1. The molecule has 5 heteroatoms. The van der Waals surface area contributed by atoms with Crippen LogP contribution in [0.25, 0.3) is 0 Å². The summed E-state index contributed by atoms with van der Waals surface area (Å²) < 4.78 is 5.32. The number of carbonyl (C=O) groups is 2. The zero-order valence-electron chi connectivity index (χ0n) is 18.8. The van der Waals surface area contributed by atoms with E-state index in [9.17, 15) is 9.59 Å². The Labute approximate surface area is 190 Å². The van der Waals surface area contributed by atoms with Crippen molar-refractivity contribution in [2.75, 3.05) is 14.2 Å². The molecular weight excluding hydrogens is 400 g/mol. The maximum absolute atomic E-state index is 13.6. The smallest absolute Gasteiger partial charge is 0.242 e. The van der Waals surface area contributed by atoms with Crippen molar-refractivity contribution >= 4 is 11.8 Å². The molecule has 0 aliphatic heterocycles. The lowest BCUT2D eigenvalue weighted by Gasteiger charge is -2.30. The van der Waals surface area contributed by atoms with Crippen molar-refractivity contribution in [3.8, 4) is 5.75 Å². The first-order valence-electron chi connectivity index (χ1n) is 10.8. The van der Waals surface area contributed by atoms with E-state index in [0.717, 1.165) is 16.7 Å². The molecule has 0 aliphatic carbocycles. The predicted molar refractivity (Wildman–Crippen MR) is 126 cm³/mol. The summed E-state index contributed by atoms with van der Waals surface area (Å²) in [6, 6.07) is 27.0. The molecule has 32 heavy (non-hydrogen) atoms. The number of likely N-dealkylation sites (N-methyl/N-ethyl adjacent to an activating group) is 1. The largest absolute Gasteiger partial charge is 0.497 e. The van der Waals surface area contributed by atoms with Crippen molar-refractivity contribution in [1.29, 1.82) is 0 Å². The molecule has 3 rings (SSSR count). The Bertz CT molecular complexity index is 982. The van der Waals surface area contributed by atoms with Gasteiger partial charge in [-0.2, -0.15) is 0 Å². The summed E-state index contributed by atoms with van der Waals surface area (Å²) in [7, 11) is 3.20. The minimum atomic E-state index is -0.606. The van der Waals surface area contributed by atoms with Crippen LogP contribution in [0.1, 0.15) is 36.0 Å². The van der Waals surface area contributed by atoms with Crippen LogP contribution in [0.5, 0.6) is 5.75 Å². The average Bonchev–Trinajstić information content (AvgIpc) is 2.86. The average molecular weight is 431 g/mol. The lowest BCUT2D eigenvalue weighted by molar-refractivity contribution is -0.140. The van der Waals surface area contributed by atoms with E-state index in [-0.39, 0.29) is 24.2 Å². The molecule has 166 valence electrons. The quantitative estimate of drug-likeness (QED) is 0.548. The standard InChI is InChI=1S/C27H30N2O3/c1-20(27(31)28-2)29(19-21-11-10-16-24(17-21)32-3)26(30)18-25(22-12-6-4-7-13-22)23-14-8-5-9-15-23/h4-17,20,25H,18-19H2,1-3H3,(H,28,31)/t20-/m1/s1. The van der Waals surface area contributed by atoms with Crippen molar-refractivity contribution in [2.24, 2.45) is 0 Å². The van der Waals surface area contributed by atoms with Crippen LogP contribution in [-0.4, -0.2) is 36.9 Å². The van der Waals surface area contributed by atoms with E-state index in [1.807, 2.05) is 84.9 Å². The predicted octanol–water partition coefficient (Wildman–Crippen LogP) is 4.38. The van der Waals surface area contributed by atoms with Gasteiger partial charge in [-0.05, 0) is 35.7 Å². The molecule has 0 bridgehead atoms. The second kappa shape index (κ2) is 11.1. The van der Waals surface area contributed by atoms with Crippen LogP contribution in [0.3, 0.4) is 0 Å². The highest BCUT2D eigenvalue weighted by Crippen LogP contribution is 2.29. The molecule has 0 radical (unpaired) electrons. The van der Waals surface area contributed by atoms with Crippen molar-refractivity contribution in [1.82, 2.24) is 10.2 Å². The van der Waals surface area contributed by atoms with E-state index in [1.54, 1.807) is 26.0 Å². The van der Waals surface area contributed by atoms with E-state index < -0.39 is 6.04 Å². The molecule has 0 saturated heterocycles. The van der Waals surface area contributed by atoms with Gasteiger partial charge in [-0.15, -0.1) is 0 Å². The van der Waals surface area contributed by atoms with Crippen LogP contribution in [0.2, 0.25) is 0 Å². The van der Waals surface area contributed by atoms with E-state index in [2.05, 4.69) is 5.32 Å². The second-order valence-electron chi connectivity index (χ2n) is 7.74. The Morgan fingerprint density at radius 1 is 0.906 bits per heavy atom. The lowest BCUT2D eigenvalue weighted by atomic mass is 9.88. The number of amides is 2. The van der Waals surface area contributed by atoms with Gasteiger partial charge in [-0.3, -0.25) is 9.59 Å². The van der Waals surface area contributed by atoms with Crippen LogP contribution < -0.4 is 10.1 Å². The summed E-state index contributed by atoms with van der Waals surface area (Å²) in [6.07, 6.45) is 0.263. The number of nitrogens with zero attached hydrogens (tertiary/aromatic N) is 1. The first-order chi connectivity index (χ1) is 15.5. The van der Waals surface area contributed by atoms with Gasteiger partial charge in [0, 0.05) is 25.9 Å². The molecule has 3 aromatic carbocycles. The Kier molecular flexibility index (Phi) is 8.03. The Hall–Kier alpha value is -3.60. The fourth-order valence-corrected chi connectivity index (χ4v) is 3.85. The van der Waals surface area contributed by atoms with Crippen LogP contribution in [0.4, 0.5) is 0 Å². The molecule has 2 amide bonds. The second-order valence-corrected chi connectivity index (χ2v) is 7.74. The van der Waals surface area contributed by atoms with Gasteiger partial charge in [0.05, 0.1) is 7.11 Å². The Balaban J connectivity index is 1.92. The van der Waals surface area contributed by atoms with E-state index in [0.29, 0.717) is 12.3 Å². The molecule has 1 N–H and O–H groups in total. The van der Waals surface area contributed by atoms with Gasteiger partial charge < -0.3 is 15.0 Å². The maximum atomic E-state index is 13.6. The van der Waals surface area contributed by atoms with Crippen molar-refractivity contribution in [3.05, 3.63) is 102 Å². The molecular formula is C27H30N2O3. The first kappa shape index (κ1) is 23.1. The fraction of sp³-hybridized carbons (Fsp3) is 0.259. The van der Waals surface area contributed by atoms with Gasteiger partial charge in [-0.25, -0.2) is 0 Å². The maximum Gasteiger partial charge on any atom is 0.242 e. The van der Waals surface area contributed by atoms with Gasteiger partial charge in [0.1, 0.15) is 11.8 Å². The highest BCUT2D eigenvalue weighted by Gasteiger charge is 2.28. The van der Waals surface area contributed by atoms with Crippen LogP contribution >= 0.6 is 0 Å². The SMILES string of the molecule is CNC(=O)[C@@H](C)N(Cc1cccc(OC)c1)C(=O)CC(c1ccccc1)c1ccccc1. The van der Waals surface area contributed by atoms with Crippen LogP contribution in [-0.2, 0) is 16.1 Å². The third kappa shape index (κ3) is 5.76. The zero-order valence-corrected chi connectivity index (χ0v) is 18.8. The van der Waals surface area contributed by atoms with Gasteiger partial charge in [-0.1, -0.05) is 72.8 Å². The number of nitrogens with one attached hydrogen (secondary N) is 1. The number of rotatable bonds is 9. The molecule has 0 heterocycles. The molecule has 0 unspecified atom stereocenters.